The minimum Gasteiger partial charge on any atom is -0.497 e. The normalized spacial score (nSPS) is 10.4. The fourth-order valence-corrected chi connectivity index (χ4v) is 1.19. The Labute approximate surface area is 101 Å². The first kappa shape index (κ1) is 13.3. The third kappa shape index (κ3) is 3.96. The van der Waals surface area contributed by atoms with Crippen LogP contribution in [0, 0.1) is 5.92 Å². The molecule has 0 fully saturated rings. The van der Waals surface area contributed by atoms with E-state index < -0.39 is 0 Å². The summed E-state index contributed by atoms with van der Waals surface area (Å²) in [6.07, 6.45) is 0. The van der Waals surface area contributed by atoms with Crippen molar-refractivity contribution in [2.45, 2.75) is 13.8 Å². The summed E-state index contributed by atoms with van der Waals surface area (Å²) in [6.45, 7) is 4.44. The molecule has 0 bridgehead atoms. The summed E-state index contributed by atoms with van der Waals surface area (Å²) in [5, 5.41) is 0. The van der Waals surface area contributed by atoms with Gasteiger partial charge in [-0.15, -0.1) is 0 Å². The maximum Gasteiger partial charge on any atom is 0.277 e. The molecule has 0 aliphatic carbocycles. The smallest absolute Gasteiger partial charge is 0.277 e. The second-order valence-electron chi connectivity index (χ2n) is 4.09. The lowest BCUT2D eigenvalue weighted by Gasteiger charge is -2.10. The average Bonchev–Trinajstić information content (AvgIpc) is 2.29. The molecule has 94 valence electrons. The highest BCUT2D eigenvalue weighted by atomic mass is 16.6. The molecule has 1 aromatic rings. The van der Waals surface area contributed by atoms with Crippen LogP contribution in [0.1, 0.15) is 24.2 Å². The van der Waals surface area contributed by atoms with Crippen molar-refractivity contribution in [2.75, 3.05) is 19.5 Å². The van der Waals surface area contributed by atoms with E-state index in [0.717, 1.165) is 0 Å². The molecule has 0 unspecified atom stereocenters. The molecule has 0 saturated heterocycles. The second-order valence-corrected chi connectivity index (χ2v) is 4.09. The minimum absolute atomic E-state index is 0.341. The Hall–Kier alpha value is -1.75. The number of nitrogen functional groups attached to an aromatic ring is 1. The van der Waals surface area contributed by atoms with Crippen LogP contribution in [0.15, 0.2) is 18.2 Å². The summed E-state index contributed by atoms with van der Waals surface area (Å²) >= 11 is 0. The van der Waals surface area contributed by atoms with E-state index in [0.29, 0.717) is 29.5 Å². The number of rotatable bonds is 5. The van der Waals surface area contributed by atoms with Gasteiger partial charge in [-0.2, -0.15) is 0 Å². The Morgan fingerprint density at radius 3 is 2.76 bits per heavy atom. The van der Waals surface area contributed by atoms with E-state index in [1.54, 1.807) is 18.2 Å². The summed E-state index contributed by atoms with van der Waals surface area (Å²) in [6, 6.07) is 4.89. The molecule has 0 radical (unpaired) electrons. The van der Waals surface area contributed by atoms with Gasteiger partial charge in [-0.05, 0) is 24.1 Å². The fourth-order valence-electron chi connectivity index (χ4n) is 1.19. The zero-order valence-corrected chi connectivity index (χ0v) is 10.3. The van der Waals surface area contributed by atoms with Gasteiger partial charge in [-0.25, -0.2) is 5.48 Å². The third-order valence-corrected chi connectivity index (χ3v) is 2.09. The molecular weight excluding hydrogens is 220 g/mol. The van der Waals surface area contributed by atoms with Crippen molar-refractivity contribution in [3.05, 3.63) is 23.8 Å². The van der Waals surface area contributed by atoms with E-state index in [4.69, 9.17) is 15.3 Å². The Morgan fingerprint density at radius 1 is 1.47 bits per heavy atom. The van der Waals surface area contributed by atoms with Crippen LogP contribution in [0.25, 0.3) is 0 Å². The standard InChI is InChI=1S/C12H18N2O3/c1-8(2)7-17-14-12(15)10-6-9(16-3)4-5-11(10)13/h4-6,8H,7,13H2,1-3H3,(H,14,15). The number of hydroxylamine groups is 1. The summed E-state index contributed by atoms with van der Waals surface area (Å²) in [5.41, 5.74) is 8.78. The first-order chi connectivity index (χ1) is 8.04. The molecule has 0 aliphatic heterocycles. The summed E-state index contributed by atoms with van der Waals surface area (Å²) in [5.74, 6) is 0.549. The predicted octanol–water partition coefficient (Wildman–Crippen LogP) is 1.59. The average molecular weight is 238 g/mol. The van der Waals surface area contributed by atoms with Gasteiger partial charge in [0, 0.05) is 5.69 Å². The maximum atomic E-state index is 11.7. The molecule has 0 saturated carbocycles. The van der Waals surface area contributed by atoms with Crippen LogP contribution < -0.4 is 16.0 Å². The van der Waals surface area contributed by atoms with E-state index in [-0.39, 0.29) is 5.91 Å². The first-order valence-corrected chi connectivity index (χ1v) is 5.40. The quantitative estimate of drug-likeness (QED) is 0.603. The van der Waals surface area contributed by atoms with Crippen LogP contribution in [0.4, 0.5) is 5.69 Å². The molecule has 5 nitrogen and oxygen atoms in total. The molecule has 5 heteroatoms. The molecule has 1 aromatic carbocycles. The largest absolute Gasteiger partial charge is 0.497 e. The van der Waals surface area contributed by atoms with Crippen molar-refractivity contribution in [1.82, 2.24) is 5.48 Å². The molecule has 0 aromatic heterocycles. The van der Waals surface area contributed by atoms with E-state index >= 15 is 0 Å². The van der Waals surface area contributed by atoms with Gasteiger partial charge >= 0.3 is 0 Å². The molecule has 0 spiro atoms. The van der Waals surface area contributed by atoms with Crippen molar-refractivity contribution in [3.63, 3.8) is 0 Å². The minimum atomic E-state index is -0.373. The number of hydrogen-bond donors (Lipinski definition) is 2. The van der Waals surface area contributed by atoms with Crippen LogP contribution in [0.2, 0.25) is 0 Å². The topological polar surface area (TPSA) is 73.6 Å². The molecular formula is C12H18N2O3. The van der Waals surface area contributed by atoms with E-state index in [1.165, 1.54) is 7.11 Å². The number of ether oxygens (including phenoxy) is 1. The van der Waals surface area contributed by atoms with Gasteiger partial charge in [0.1, 0.15) is 5.75 Å². The fraction of sp³-hybridized carbons (Fsp3) is 0.417. The van der Waals surface area contributed by atoms with Crippen molar-refractivity contribution in [1.29, 1.82) is 0 Å². The van der Waals surface area contributed by atoms with Gasteiger partial charge < -0.3 is 10.5 Å². The van der Waals surface area contributed by atoms with Crippen molar-refractivity contribution in [2.24, 2.45) is 5.92 Å². The lowest BCUT2D eigenvalue weighted by Crippen LogP contribution is -2.26. The van der Waals surface area contributed by atoms with Gasteiger partial charge in [0.2, 0.25) is 0 Å². The molecule has 1 rings (SSSR count). The highest BCUT2D eigenvalue weighted by Gasteiger charge is 2.11. The molecule has 17 heavy (non-hydrogen) atoms. The molecule has 1 amide bonds. The van der Waals surface area contributed by atoms with Gasteiger partial charge in [0.15, 0.2) is 0 Å². The predicted molar refractivity (Wildman–Crippen MR) is 65.7 cm³/mol. The summed E-state index contributed by atoms with van der Waals surface area (Å²) in [4.78, 5) is 16.8. The number of amides is 1. The Bertz CT molecular complexity index is 391. The number of carbonyl (C=O) groups is 1. The first-order valence-electron chi connectivity index (χ1n) is 5.40. The zero-order valence-electron chi connectivity index (χ0n) is 10.3. The van der Waals surface area contributed by atoms with Gasteiger partial charge in [-0.3, -0.25) is 9.63 Å². The number of methoxy groups -OCH3 is 1. The van der Waals surface area contributed by atoms with E-state index in [1.807, 2.05) is 13.8 Å². The number of carbonyl (C=O) groups excluding carboxylic acids is 1. The van der Waals surface area contributed by atoms with Crippen molar-refractivity contribution < 1.29 is 14.4 Å². The van der Waals surface area contributed by atoms with Crippen molar-refractivity contribution in [3.8, 4) is 5.75 Å². The van der Waals surface area contributed by atoms with Crippen molar-refractivity contribution >= 4 is 11.6 Å². The maximum absolute atomic E-state index is 11.7. The molecule has 0 heterocycles. The molecule has 0 aliphatic rings. The summed E-state index contributed by atoms with van der Waals surface area (Å²) < 4.78 is 5.03. The van der Waals surface area contributed by atoms with E-state index in [9.17, 15) is 4.79 Å². The third-order valence-electron chi connectivity index (χ3n) is 2.09. The number of benzene rings is 1. The zero-order chi connectivity index (χ0) is 12.8. The SMILES string of the molecule is COc1ccc(N)c(C(=O)NOCC(C)C)c1. The monoisotopic (exact) mass is 238 g/mol. The highest BCUT2D eigenvalue weighted by Crippen LogP contribution is 2.19. The van der Waals surface area contributed by atoms with Crippen LogP contribution >= 0.6 is 0 Å². The van der Waals surface area contributed by atoms with Gasteiger partial charge in [0.05, 0.1) is 19.3 Å². The Morgan fingerprint density at radius 2 is 2.18 bits per heavy atom. The number of nitrogens with one attached hydrogen (secondary N) is 1. The highest BCUT2D eigenvalue weighted by molar-refractivity contribution is 5.98. The van der Waals surface area contributed by atoms with Crippen LogP contribution in [-0.4, -0.2) is 19.6 Å². The molecule has 3 N–H and O–H groups in total. The summed E-state index contributed by atoms with van der Waals surface area (Å²) in [7, 11) is 1.53. The van der Waals surface area contributed by atoms with Crippen LogP contribution in [-0.2, 0) is 4.84 Å². The van der Waals surface area contributed by atoms with Crippen LogP contribution in [0.5, 0.6) is 5.75 Å². The van der Waals surface area contributed by atoms with Gasteiger partial charge in [0.25, 0.3) is 5.91 Å². The Balaban J connectivity index is 2.67. The number of hydrogen-bond acceptors (Lipinski definition) is 4. The van der Waals surface area contributed by atoms with E-state index in [2.05, 4.69) is 5.48 Å². The lowest BCUT2D eigenvalue weighted by atomic mass is 10.1. The second kappa shape index (κ2) is 6.10. The number of nitrogens with two attached hydrogens (primary N) is 1. The lowest BCUT2D eigenvalue weighted by molar-refractivity contribution is 0.0209. The molecule has 0 atom stereocenters. The number of anilines is 1. The Kier molecular flexibility index (Phi) is 4.78. The van der Waals surface area contributed by atoms with Crippen LogP contribution in [0.3, 0.4) is 0 Å². The van der Waals surface area contributed by atoms with Gasteiger partial charge in [-0.1, -0.05) is 13.8 Å².